The average Bonchev–Trinajstić information content (AvgIpc) is 3.21. The first-order valence-electron chi connectivity index (χ1n) is 7.86. The van der Waals surface area contributed by atoms with Crippen LogP contribution in [0.2, 0.25) is 0 Å². The van der Waals surface area contributed by atoms with E-state index >= 15 is 0 Å². The lowest BCUT2D eigenvalue weighted by molar-refractivity contribution is 0.0699. The lowest BCUT2D eigenvalue weighted by atomic mass is 10.3. The predicted molar refractivity (Wildman–Crippen MR) is 96.3 cm³/mol. The van der Waals surface area contributed by atoms with Crippen LogP contribution in [-0.4, -0.2) is 63.3 Å². The molecule has 1 aliphatic heterocycles. The third-order valence-corrected chi connectivity index (χ3v) is 8.35. The number of carbonyl (C=O) groups is 1. The molecular weight excluding hydrogens is 416 g/mol. The van der Waals surface area contributed by atoms with Gasteiger partial charge in [-0.1, -0.05) is 5.16 Å². The summed E-state index contributed by atoms with van der Waals surface area (Å²) >= 11 is 0.984. The molecule has 0 unspecified atom stereocenters. The molecule has 2 N–H and O–H groups in total. The Morgan fingerprint density at radius 2 is 1.81 bits per heavy atom. The van der Waals surface area contributed by atoms with Crippen LogP contribution in [-0.2, 0) is 20.0 Å². The largest absolute Gasteiger partial charge is 0.360 e. The summed E-state index contributed by atoms with van der Waals surface area (Å²) in [6.45, 7) is 3.49. The number of piperazine rings is 1. The second kappa shape index (κ2) is 6.98. The van der Waals surface area contributed by atoms with Crippen molar-refractivity contribution in [1.82, 2.24) is 14.4 Å². The second-order valence-corrected chi connectivity index (χ2v) is 10.3. The topological polar surface area (TPSA) is 144 Å². The van der Waals surface area contributed by atoms with Crippen molar-refractivity contribution in [3.8, 4) is 0 Å². The Balaban J connectivity index is 1.76. The van der Waals surface area contributed by atoms with Crippen molar-refractivity contribution in [3.05, 3.63) is 27.8 Å². The molecule has 0 saturated carbocycles. The fraction of sp³-hybridized carbons (Fsp3) is 0.429. The second-order valence-electron chi connectivity index (χ2n) is 6.01. The Hall–Kier alpha value is -1.80. The first kappa shape index (κ1) is 19.9. The van der Waals surface area contributed by atoms with Crippen molar-refractivity contribution >= 4 is 37.3 Å². The van der Waals surface area contributed by atoms with Gasteiger partial charge in [-0.3, -0.25) is 4.79 Å². The van der Waals surface area contributed by atoms with Gasteiger partial charge in [0.1, 0.15) is 20.4 Å². The number of rotatable bonds is 4. The molecule has 27 heavy (non-hydrogen) atoms. The van der Waals surface area contributed by atoms with E-state index in [9.17, 15) is 21.6 Å². The summed E-state index contributed by atoms with van der Waals surface area (Å²) < 4.78 is 55.0. The van der Waals surface area contributed by atoms with Gasteiger partial charge in [0.15, 0.2) is 5.76 Å². The van der Waals surface area contributed by atoms with E-state index in [0.717, 1.165) is 11.3 Å². The van der Waals surface area contributed by atoms with Gasteiger partial charge in [-0.15, -0.1) is 11.3 Å². The van der Waals surface area contributed by atoms with Gasteiger partial charge >= 0.3 is 0 Å². The minimum Gasteiger partial charge on any atom is -0.360 e. The summed E-state index contributed by atoms with van der Waals surface area (Å²) in [6.07, 6.45) is 0. The SMILES string of the molecule is Cc1noc(C)c1S(=O)(=O)N1CCN(C(=O)c2sccc2S(N)(=O)=O)CC1. The molecule has 3 rings (SSSR count). The van der Waals surface area contributed by atoms with E-state index in [0.29, 0.717) is 0 Å². The summed E-state index contributed by atoms with van der Waals surface area (Å²) in [5, 5.41) is 10.3. The molecule has 0 atom stereocenters. The van der Waals surface area contributed by atoms with Crippen molar-refractivity contribution in [2.75, 3.05) is 26.2 Å². The van der Waals surface area contributed by atoms with Crippen LogP contribution in [0.1, 0.15) is 21.1 Å². The standard InChI is InChI=1S/C14H18N4O6S3/c1-9-13(10(2)24-16-9)27(22,23)18-6-4-17(5-7-18)14(19)12-11(3-8-25-12)26(15,20)21/h3,8H,4-7H2,1-2H3,(H2,15,20,21). The van der Waals surface area contributed by atoms with Gasteiger partial charge in [0, 0.05) is 26.2 Å². The Morgan fingerprint density at radius 3 is 2.33 bits per heavy atom. The van der Waals surface area contributed by atoms with Gasteiger partial charge in [0.05, 0.1) is 0 Å². The molecule has 0 bridgehead atoms. The van der Waals surface area contributed by atoms with Crippen LogP contribution in [0.3, 0.4) is 0 Å². The van der Waals surface area contributed by atoms with Crippen LogP contribution in [0, 0.1) is 13.8 Å². The Labute approximate surface area is 160 Å². The van der Waals surface area contributed by atoms with Crippen LogP contribution in [0.5, 0.6) is 0 Å². The van der Waals surface area contributed by atoms with Gasteiger partial charge < -0.3 is 9.42 Å². The van der Waals surface area contributed by atoms with Crippen LogP contribution in [0.15, 0.2) is 25.8 Å². The molecule has 1 fully saturated rings. The first-order chi connectivity index (χ1) is 12.5. The summed E-state index contributed by atoms with van der Waals surface area (Å²) in [4.78, 5) is 13.9. The number of primary sulfonamides is 1. The van der Waals surface area contributed by atoms with Crippen molar-refractivity contribution in [3.63, 3.8) is 0 Å². The van der Waals surface area contributed by atoms with E-state index in [2.05, 4.69) is 5.16 Å². The number of amides is 1. The molecular formula is C14H18N4O6S3. The summed E-state index contributed by atoms with van der Waals surface area (Å²) in [6, 6.07) is 1.28. The molecule has 148 valence electrons. The number of aromatic nitrogens is 1. The molecule has 1 amide bonds. The number of nitrogens with two attached hydrogens (primary N) is 1. The quantitative estimate of drug-likeness (QED) is 0.721. The highest BCUT2D eigenvalue weighted by Crippen LogP contribution is 2.26. The highest BCUT2D eigenvalue weighted by Gasteiger charge is 2.35. The minimum atomic E-state index is -4.01. The smallest absolute Gasteiger partial charge is 0.265 e. The fourth-order valence-electron chi connectivity index (χ4n) is 2.92. The molecule has 1 saturated heterocycles. The summed E-state index contributed by atoms with van der Waals surface area (Å²) in [5.74, 6) is -0.272. The molecule has 0 aromatic carbocycles. The normalized spacial score (nSPS) is 16.6. The third kappa shape index (κ3) is 3.65. The molecule has 2 aromatic heterocycles. The number of thiophene rings is 1. The highest BCUT2D eigenvalue weighted by molar-refractivity contribution is 7.89. The highest BCUT2D eigenvalue weighted by atomic mass is 32.2. The molecule has 1 aliphatic rings. The van der Waals surface area contributed by atoms with Gasteiger partial charge in [-0.25, -0.2) is 22.0 Å². The molecule has 0 radical (unpaired) electrons. The lowest BCUT2D eigenvalue weighted by Gasteiger charge is -2.33. The van der Waals surface area contributed by atoms with Crippen LogP contribution in [0.25, 0.3) is 0 Å². The van der Waals surface area contributed by atoms with E-state index in [4.69, 9.17) is 9.66 Å². The van der Waals surface area contributed by atoms with E-state index in [1.165, 1.54) is 27.6 Å². The number of sulfonamides is 2. The third-order valence-electron chi connectivity index (χ3n) is 4.22. The maximum atomic E-state index is 12.8. The maximum absolute atomic E-state index is 12.8. The maximum Gasteiger partial charge on any atom is 0.265 e. The predicted octanol–water partition coefficient (Wildman–Crippen LogP) is 0.147. The van der Waals surface area contributed by atoms with E-state index in [1.807, 2.05) is 0 Å². The van der Waals surface area contributed by atoms with Gasteiger partial charge in [-0.2, -0.15) is 4.31 Å². The molecule has 0 spiro atoms. The first-order valence-corrected chi connectivity index (χ1v) is 11.7. The van der Waals surface area contributed by atoms with E-state index in [1.54, 1.807) is 6.92 Å². The van der Waals surface area contributed by atoms with Gasteiger partial charge in [0.25, 0.3) is 5.91 Å². The molecule has 13 heteroatoms. The van der Waals surface area contributed by atoms with E-state index < -0.39 is 26.0 Å². The van der Waals surface area contributed by atoms with Crippen molar-refractivity contribution in [1.29, 1.82) is 0 Å². The molecule has 2 aromatic rings. The number of hydrogen-bond acceptors (Lipinski definition) is 8. The molecule has 10 nitrogen and oxygen atoms in total. The summed E-state index contributed by atoms with van der Waals surface area (Å²) in [7, 11) is -7.80. The monoisotopic (exact) mass is 434 g/mol. The fourth-order valence-corrected chi connectivity index (χ4v) is 6.57. The molecule has 3 heterocycles. The Morgan fingerprint density at radius 1 is 1.19 bits per heavy atom. The van der Waals surface area contributed by atoms with Gasteiger partial charge in [0.2, 0.25) is 20.0 Å². The Bertz CT molecular complexity index is 1060. The van der Waals surface area contributed by atoms with E-state index in [-0.39, 0.29) is 52.3 Å². The van der Waals surface area contributed by atoms with Crippen molar-refractivity contribution in [2.45, 2.75) is 23.6 Å². The minimum absolute atomic E-state index is 0.0273. The van der Waals surface area contributed by atoms with Gasteiger partial charge in [-0.05, 0) is 25.3 Å². The average molecular weight is 435 g/mol. The lowest BCUT2D eigenvalue weighted by Crippen LogP contribution is -2.50. The van der Waals surface area contributed by atoms with Crippen LogP contribution >= 0.6 is 11.3 Å². The Kier molecular flexibility index (Phi) is 5.16. The van der Waals surface area contributed by atoms with Crippen molar-refractivity contribution < 1.29 is 26.2 Å². The zero-order chi connectivity index (χ0) is 20.0. The zero-order valence-electron chi connectivity index (χ0n) is 14.6. The van der Waals surface area contributed by atoms with Crippen LogP contribution in [0.4, 0.5) is 0 Å². The number of aryl methyl sites for hydroxylation is 2. The zero-order valence-corrected chi connectivity index (χ0v) is 17.0. The number of hydrogen-bond donors (Lipinski definition) is 1. The van der Waals surface area contributed by atoms with Crippen molar-refractivity contribution in [2.24, 2.45) is 5.14 Å². The molecule has 0 aliphatic carbocycles. The number of nitrogens with zero attached hydrogens (tertiary/aromatic N) is 3. The number of carbonyl (C=O) groups excluding carboxylic acids is 1. The van der Waals surface area contributed by atoms with Crippen LogP contribution < -0.4 is 5.14 Å². The summed E-state index contributed by atoms with van der Waals surface area (Å²) in [5.41, 5.74) is 0.280.